The lowest BCUT2D eigenvalue weighted by Crippen LogP contribution is -1.92. The summed E-state index contributed by atoms with van der Waals surface area (Å²) in [4.78, 5) is 0. The maximum Gasteiger partial charge on any atom is 0.231 e. The van der Waals surface area contributed by atoms with Crippen molar-refractivity contribution < 1.29 is 19.3 Å². The van der Waals surface area contributed by atoms with Crippen LogP contribution in [0, 0.1) is 11.8 Å². The number of fused-ring (bicyclic) bond motifs is 1. The van der Waals surface area contributed by atoms with Crippen molar-refractivity contribution in [3.8, 4) is 34.8 Å². The van der Waals surface area contributed by atoms with E-state index in [9.17, 15) is 5.11 Å². The molecule has 0 unspecified atom stereocenters. The lowest BCUT2D eigenvalue weighted by atomic mass is 10.1. The molecule has 2 aromatic rings. The second-order valence-electron chi connectivity index (χ2n) is 4.24. The number of phenolic OH excluding ortho intramolecular Hbond substituents is 1. The van der Waals surface area contributed by atoms with Crippen LogP contribution in [0.3, 0.4) is 0 Å². The Kier molecular flexibility index (Phi) is 3.10. The van der Waals surface area contributed by atoms with Crippen LogP contribution >= 0.6 is 0 Å². The average molecular weight is 268 g/mol. The van der Waals surface area contributed by atoms with Crippen molar-refractivity contribution >= 4 is 0 Å². The molecule has 0 fully saturated rings. The molecular formula is C16H12O4. The largest absolute Gasteiger partial charge is 0.508 e. The van der Waals surface area contributed by atoms with Crippen LogP contribution in [0.25, 0.3) is 0 Å². The van der Waals surface area contributed by atoms with Crippen LogP contribution in [0.1, 0.15) is 11.1 Å². The number of hydrogen-bond donors (Lipinski definition) is 1. The standard InChI is InChI=1S/C16H12O4/c1-18-14-7-12(6-13(17)9-14)3-2-11-4-5-15-16(8-11)20-10-19-15/h4-9,17H,10H2,1H3. The Morgan fingerprint density at radius 2 is 1.80 bits per heavy atom. The first-order valence-electron chi connectivity index (χ1n) is 6.04. The van der Waals surface area contributed by atoms with Gasteiger partial charge in [0.15, 0.2) is 11.5 Å². The maximum atomic E-state index is 9.56. The Bertz CT molecular complexity index is 710. The zero-order chi connectivity index (χ0) is 13.9. The first-order chi connectivity index (χ1) is 9.74. The van der Waals surface area contributed by atoms with E-state index < -0.39 is 0 Å². The van der Waals surface area contributed by atoms with Crippen molar-refractivity contribution in [1.29, 1.82) is 0 Å². The van der Waals surface area contributed by atoms with Crippen molar-refractivity contribution in [2.75, 3.05) is 13.9 Å². The highest BCUT2D eigenvalue weighted by molar-refractivity contribution is 5.53. The molecule has 1 aliphatic heterocycles. The summed E-state index contributed by atoms with van der Waals surface area (Å²) in [7, 11) is 1.55. The molecule has 100 valence electrons. The van der Waals surface area contributed by atoms with Gasteiger partial charge in [-0.2, -0.15) is 0 Å². The Hall–Kier alpha value is -2.80. The zero-order valence-corrected chi connectivity index (χ0v) is 10.8. The number of rotatable bonds is 1. The Labute approximate surface area is 116 Å². The van der Waals surface area contributed by atoms with Gasteiger partial charge in [-0.15, -0.1) is 0 Å². The van der Waals surface area contributed by atoms with Crippen LogP contribution in [0.5, 0.6) is 23.0 Å². The van der Waals surface area contributed by atoms with Crippen molar-refractivity contribution in [1.82, 2.24) is 0 Å². The predicted molar refractivity (Wildman–Crippen MR) is 73.2 cm³/mol. The molecule has 0 aromatic heterocycles. The molecule has 2 aromatic carbocycles. The number of hydrogen-bond acceptors (Lipinski definition) is 4. The van der Waals surface area contributed by atoms with E-state index in [4.69, 9.17) is 14.2 Å². The topological polar surface area (TPSA) is 47.9 Å². The molecule has 4 heteroatoms. The monoisotopic (exact) mass is 268 g/mol. The second-order valence-corrected chi connectivity index (χ2v) is 4.24. The third-order valence-corrected chi connectivity index (χ3v) is 2.85. The van der Waals surface area contributed by atoms with Crippen molar-refractivity contribution in [3.05, 3.63) is 47.5 Å². The van der Waals surface area contributed by atoms with Gasteiger partial charge >= 0.3 is 0 Å². The highest BCUT2D eigenvalue weighted by atomic mass is 16.7. The van der Waals surface area contributed by atoms with E-state index >= 15 is 0 Å². The lowest BCUT2D eigenvalue weighted by molar-refractivity contribution is 0.174. The first-order valence-corrected chi connectivity index (χ1v) is 6.04. The Morgan fingerprint density at radius 3 is 2.65 bits per heavy atom. The van der Waals surface area contributed by atoms with Crippen molar-refractivity contribution in [2.24, 2.45) is 0 Å². The van der Waals surface area contributed by atoms with Crippen LogP contribution in [0.4, 0.5) is 0 Å². The van der Waals surface area contributed by atoms with Gasteiger partial charge in [-0.05, 0) is 30.3 Å². The summed E-state index contributed by atoms with van der Waals surface area (Å²) in [5, 5.41) is 9.56. The molecule has 1 heterocycles. The summed E-state index contributed by atoms with van der Waals surface area (Å²) >= 11 is 0. The summed E-state index contributed by atoms with van der Waals surface area (Å²) in [5.74, 6) is 8.12. The minimum Gasteiger partial charge on any atom is -0.508 e. The molecular weight excluding hydrogens is 256 g/mol. The predicted octanol–water partition coefficient (Wildman–Crippen LogP) is 2.53. The molecule has 4 nitrogen and oxygen atoms in total. The number of aromatic hydroxyl groups is 1. The molecule has 0 saturated heterocycles. The highest BCUT2D eigenvalue weighted by Crippen LogP contribution is 2.32. The lowest BCUT2D eigenvalue weighted by Gasteiger charge is -2.01. The van der Waals surface area contributed by atoms with E-state index in [-0.39, 0.29) is 12.5 Å². The minimum absolute atomic E-state index is 0.124. The van der Waals surface area contributed by atoms with Gasteiger partial charge in [-0.1, -0.05) is 11.8 Å². The highest BCUT2D eigenvalue weighted by Gasteiger charge is 2.12. The fraction of sp³-hybridized carbons (Fsp3) is 0.125. The molecule has 0 spiro atoms. The van der Waals surface area contributed by atoms with Gasteiger partial charge in [0.1, 0.15) is 11.5 Å². The minimum atomic E-state index is 0.124. The number of methoxy groups -OCH3 is 1. The third kappa shape index (κ3) is 2.47. The Morgan fingerprint density at radius 1 is 1.00 bits per heavy atom. The fourth-order valence-electron chi connectivity index (χ4n) is 1.89. The van der Waals surface area contributed by atoms with E-state index in [2.05, 4.69) is 11.8 Å². The van der Waals surface area contributed by atoms with Crippen LogP contribution in [0.15, 0.2) is 36.4 Å². The van der Waals surface area contributed by atoms with Gasteiger partial charge in [-0.3, -0.25) is 0 Å². The van der Waals surface area contributed by atoms with Crippen LogP contribution < -0.4 is 14.2 Å². The molecule has 0 aliphatic carbocycles. The summed E-state index contributed by atoms with van der Waals surface area (Å²) in [5.41, 5.74) is 1.50. The van der Waals surface area contributed by atoms with E-state index in [0.29, 0.717) is 17.1 Å². The molecule has 0 amide bonds. The molecule has 0 radical (unpaired) electrons. The number of phenols is 1. The van der Waals surface area contributed by atoms with E-state index in [1.54, 1.807) is 19.2 Å². The number of ether oxygens (including phenoxy) is 3. The number of benzene rings is 2. The smallest absolute Gasteiger partial charge is 0.231 e. The van der Waals surface area contributed by atoms with Crippen molar-refractivity contribution in [3.63, 3.8) is 0 Å². The van der Waals surface area contributed by atoms with Crippen LogP contribution in [-0.2, 0) is 0 Å². The van der Waals surface area contributed by atoms with Gasteiger partial charge < -0.3 is 19.3 Å². The molecule has 1 aliphatic rings. The summed E-state index contributed by atoms with van der Waals surface area (Å²) in [6.45, 7) is 0.246. The summed E-state index contributed by atoms with van der Waals surface area (Å²) in [6.07, 6.45) is 0. The maximum absolute atomic E-state index is 9.56. The Balaban J connectivity index is 1.90. The van der Waals surface area contributed by atoms with Gasteiger partial charge in [0.2, 0.25) is 6.79 Å². The fourth-order valence-corrected chi connectivity index (χ4v) is 1.89. The van der Waals surface area contributed by atoms with Gasteiger partial charge in [-0.25, -0.2) is 0 Å². The average Bonchev–Trinajstić information content (AvgIpc) is 2.92. The van der Waals surface area contributed by atoms with Gasteiger partial charge in [0.25, 0.3) is 0 Å². The van der Waals surface area contributed by atoms with E-state index in [1.807, 2.05) is 18.2 Å². The second kappa shape index (κ2) is 5.06. The molecule has 0 atom stereocenters. The van der Waals surface area contributed by atoms with Crippen molar-refractivity contribution in [2.45, 2.75) is 0 Å². The van der Waals surface area contributed by atoms with Gasteiger partial charge in [0.05, 0.1) is 7.11 Å². The van der Waals surface area contributed by atoms with Gasteiger partial charge in [0, 0.05) is 17.2 Å². The van der Waals surface area contributed by atoms with E-state index in [1.165, 1.54) is 6.07 Å². The summed E-state index contributed by atoms with van der Waals surface area (Å²) in [6, 6.07) is 10.4. The van der Waals surface area contributed by atoms with Crippen LogP contribution in [0.2, 0.25) is 0 Å². The molecule has 0 saturated carbocycles. The zero-order valence-electron chi connectivity index (χ0n) is 10.8. The summed E-state index contributed by atoms with van der Waals surface area (Å²) < 4.78 is 15.6. The quantitative estimate of drug-likeness (QED) is 0.807. The molecule has 0 bridgehead atoms. The molecule has 20 heavy (non-hydrogen) atoms. The van der Waals surface area contributed by atoms with Crippen LogP contribution in [-0.4, -0.2) is 19.0 Å². The molecule has 1 N–H and O–H groups in total. The normalized spacial score (nSPS) is 11.7. The van der Waals surface area contributed by atoms with E-state index in [0.717, 1.165) is 11.3 Å². The molecule has 3 rings (SSSR count). The third-order valence-electron chi connectivity index (χ3n) is 2.85. The first kappa shape index (κ1) is 12.2. The SMILES string of the molecule is COc1cc(O)cc(C#Cc2ccc3c(c2)OCO3)c1.